The summed E-state index contributed by atoms with van der Waals surface area (Å²) in [5.41, 5.74) is 1.71. The molecule has 0 spiro atoms. The molecule has 0 amide bonds. The lowest BCUT2D eigenvalue weighted by Crippen LogP contribution is -2.00. The van der Waals surface area contributed by atoms with Crippen LogP contribution in [0.1, 0.15) is 10.4 Å². The van der Waals surface area contributed by atoms with Crippen molar-refractivity contribution in [3.63, 3.8) is 0 Å². The van der Waals surface area contributed by atoms with E-state index in [1.54, 1.807) is 32.4 Å². The van der Waals surface area contributed by atoms with Gasteiger partial charge in [0.1, 0.15) is 0 Å². The third kappa shape index (κ3) is 2.59. The molecule has 3 aromatic carbocycles. The first-order valence-corrected chi connectivity index (χ1v) is 7.13. The van der Waals surface area contributed by atoms with Crippen molar-refractivity contribution in [3.05, 3.63) is 60.2 Å². The number of hydrogen-bond donors (Lipinski definition) is 1. The lowest BCUT2D eigenvalue weighted by Gasteiger charge is -2.14. The largest absolute Gasteiger partial charge is 0.493 e. The maximum absolute atomic E-state index is 11.7. The quantitative estimate of drug-likeness (QED) is 0.784. The van der Waals surface area contributed by atoms with Crippen LogP contribution in [0.2, 0.25) is 0 Å². The van der Waals surface area contributed by atoms with Gasteiger partial charge in [-0.05, 0) is 34.5 Å². The van der Waals surface area contributed by atoms with Gasteiger partial charge in [-0.15, -0.1) is 0 Å². The Morgan fingerprint density at radius 1 is 0.913 bits per heavy atom. The molecule has 0 saturated carbocycles. The van der Waals surface area contributed by atoms with Gasteiger partial charge in [0.05, 0.1) is 19.8 Å². The number of fused-ring (bicyclic) bond motifs is 1. The number of carboxylic acids is 1. The van der Waals surface area contributed by atoms with Crippen molar-refractivity contribution in [1.29, 1.82) is 0 Å². The summed E-state index contributed by atoms with van der Waals surface area (Å²) in [5, 5.41) is 11.4. The Morgan fingerprint density at radius 3 is 2.35 bits per heavy atom. The van der Waals surface area contributed by atoms with Gasteiger partial charge in [0, 0.05) is 5.56 Å². The lowest BCUT2D eigenvalue weighted by atomic mass is 9.93. The van der Waals surface area contributed by atoms with E-state index in [-0.39, 0.29) is 5.56 Å². The Kier molecular flexibility index (Phi) is 3.89. The van der Waals surface area contributed by atoms with Gasteiger partial charge in [-0.1, -0.05) is 36.4 Å². The minimum absolute atomic E-state index is 0.260. The molecule has 0 aromatic heterocycles. The molecule has 4 nitrogen and oxygen atoms in total. The molecule has 0 heterocycles. The van der Waals surface area contributed by atoms with Crippen LogP contribution in [0.3, 0.4) is 0 Å². The number of methoxy groups -OCH3 is 2. The zero-order chi connectivity index (χ0) is 16.4. The topological polar surface area (TPSA) is 55.8 Å². The van der Waals surface area contributed by atoms with Gasteiger partial charge in [-0.2, -0.15) is 0 Å². The first kappa shape index (κ1) is 14.9. The molecule has 0 aliphatic carbocycles. The maximum Gasteiger partial charge on any atom is 0.336 e. The molecular formula is C19H16O4. The summed E-state index contributed by atoms with van der Waals surface area (Å²) in [4.78, 5) is 11.7. The molecule has 4 heteroatoms. The summed E-state index contributed by atoms with van der Waals surface area (Å²) in [6, 6.07) is 16.6. The van der Waals surface area contributed by atoms with E-state index in [9.17, 15) is 9.90 Å². The highest BCUT2D eigenvalue weighted by Crippen LogP contribution is 2.37. The molecule has 0 bridgehead atoms. The van der Waals surface area contributed by atoms with E-state index in [1.165, 1.54) is 0 Å². The average Bonchev–Trinajstić information content (AvgIpc) is 2.59. The highest BCUT2D eigenvalue weighted by atomic mass is 16.5. The molecule has 0 saturated heterocycles. The zero-order valence-electron chi connectivity index (χ0n) is 12.9. The Hall–Kier alpha value is -3.01. The van der Waals surface area contributed by atoms with E-state index in [4.69, 9.17) is 9.47 Å². The second kappa shape index (κ2) is 6.01. The van der Waals surface area contributed by atoms with Gasteiger partial charge < -0.3 is 14.6 Å². The van der Waals surface area contributed by atoms with Crippen LogP contribution in [-0.4, -0.2) is 25.3 Å². The predicted molar refractivity (Wildman–Crippen MR) is 89.4 cm³/mol. The van der Waals surface area contributed by atoms with E-state index in [1.807, 2.05) is 36.4 Å². The molecule has 0 aliphatic heterocycles. The van der Waals surface area contributed by atoms with Gasteiger partial charge in [-0.3, -0.25) is 0 Å². The van der Waals surface area contributed by atoms with E-state index in [2.05, 4.69) is 0 Å². The molecule has 0 radical (unpaired) electrons. The van der Waals surface area contributed by atoms with Crippen LogP contribution < -0.4 is 9.47 Å². The predicted octanol–water partition coefficient (Wildman–Crippen LogP) is 4.22. The second-order valence-electron chi connectivity index (χ2n) is 5.08. The molecule has 3 aromatic rings. The highest BCUT2D eigenvalue weighted by molar-refractivity contribution is 6.07. The van der Waals surface area contributed by atoms with Gasteiger partial charge in [0.2, 0.25) is 0 Å². The fourth-order valence-corrected chi connectivity index (χ4v) is 2.75. The number of aromatic carboxylic acids is 1. The molecule has 0 atom stereocenters. The van der Waals surface area contributed by atoms with E-state index in [0.717, 1.165) is 16.3 Å². The molecular weight excluding hydrogens is 292 g/mol. The van der Waals surface area contributed by atoms with E-state index in [0.29, 0.717) is 17.1 Å². The number of ether oxygens (including phenoxy) is 2. The Bertz CT molecular complexity index is 884. The molecule has 0 fully saturated rings. The van der Waals surface area contributed by atoms with Crippen LogP contribution in [-0.2, 0) is 0 Å². The van der Waals surface area contributed by atoms with Crippen LogP contribution in [0.4, 0.5) is 0 Å². The molecule has 116 valence electrons. The Balaban J connectivity index is 2.34. The minimum Gasteiger partial charge on any atom is -0.493 e. The van der Waals surface area contributed by atoms with Gasteiger partial charge in [0.25, 0.3) is 0 Å². The molecule has 23 heavy (non-hydrogen) atoms. The summed E-state index contributed by atoms with van der Waals surface area (Å²) in [6.07, 6.45) is 0. The van der Waals surface area contributed by atoms with Crippen molar-refractivity contribution in [2.45, 2.75) is 0 Å². The monoisotopic (exact) mass is 308 g/mol. The average molecular weight is 308 g/mol. The summed E-state index contributed by atoms with van der Waals surface area (Å²) in [7, 11) is 3.13. The number of carboxylic acid groups (broad SMARTS) is 1. The van der Waals surface area contributed by atoms with Crippen molar-refractivity contribution in [1.82, 2.24) is 0 Å². The van der Waals surface area contributed by atoms with Gasteiger partial charge >= 0.3 is 5.97 Å². The van der Waals surface area contributed by atoms with Crippen LogP contribution in [0.15, 0.2) is 54.6 Å². The van der Waals surface area contributed by atoms with Crippen molar-refractivity contribution < 1.29 is 19.4 Å². The van der Waals surface area contributed by atoms with Crippen molar-refractivity contribution in [2.24, 2.45) is 0 Å². The molecule has 0 aliphatic rings. The first-order chi connectivity index (χ1) is 11.2. The van der Waals surface area contributed by atoms with Crippen molar-refractivity contribution in [3.8, 4) is 22.6 Å². The molecule has 3 rings (SSSR count). The van der Waals surface area contributed by atoms with Gasteiger partial charge in [-0.25, -0.2) is 4.79 Å². The van der Waals surface area contributed by atoms with Crippen LogP contribution in [0.25, 0.3) is 21.9 Å². The van der Waals surface area contributed by atoms with Crippen LogP contribution in [0, 0.1) is 0 Å². The number of hydrogen-bond acceptors (Lipinski definition) is 3. The van der Waals surface area contributed by atoms with Crippen molar-refractivity contribution in [2.75, 3.05) is 14.2 Å². The third-order valence-corrected chi connectivity index (χ3v) is 3.83. The summed E-state index contributed by atoms with van der Waals surface area (Å²) < 4.78 is 10.6. The molecule has 1 N–H and O–H groups in total. The normalized spacial score (nSPS) is 10.5. The fourth-order valence-electron chi connectivity index (χ4n) is 2.75. The van der Waals surface area contributed by atoms with E-state index >= 15 is 0 Å². The van der Waals surface area contributed by atoms with Gasteiger partial charge in [0.15, 0.2) is 11.5 Å². The second-order valence-corrected chi connectivity index (χ2v) is 5.08. The number of rotatable bonds is 4. The highest BCUT2D eigenvalue weighted by Gasteiger charge is 2.16. The standard InChI is InChI=1S/C19H16O4/c1-22-16-10-8-13(11-17(16)23-2)18-14-6-4-3-5-12(14)7-9-15(18)19(20)21/h3-11H,1-2H3,(H,20,21). The maximum atomic E-state index is 11.7. The van der Waals surface area contributed by atoms with Crippen LogP contribution >= 0.6 is 0 Å². The van der Waals surface area contributed by atoms with Crippen LogP contribution in [0.5, 0.6) is 11.5 Å². The Morgan fingerprint density at radius 2 is 1.65 bits per heavy atom. The zero-order valence-corrected chi connectivity index (χ0v) is 12.9. The number of benzene rings is 3. The summed E-state index contributed by atoms with van der Waals surface area (Å²) in [5.74, 6) is 0.211. The first-order valence-electron chi connectivity index (χ1n) is 7.13. The Labute approximate surface area is 133 Å². The van der Waals surface area contributed by atoms with E-state index < -0.39 is 5.97 Å². The minimum atomic E-state index is -0.958. The third-order valence-electron chi connectivity index (χ3n) is 3.83. The molecule has 0 unspecified atom stereocenters. The van der Waals surface area contributed by atoms with Crippen molar-refractivity contribution >= 4 is 16.7 Å². The smallest absolute Gasteiger partial charge is 0.336 e. The number of carbonyl (C=O) groups is 1. The lowest BCUT2D eigenvalue weighted by molar-refractivity contribution is 0.0698. The summed E-state index contributed by atoms with van der Waals surface area (Å²) in [6.45, 7) is 0. The fraction of sp³-hybridized carbons (Fsp3) is 0.105. The SMILES string of the molecule is COc1ccc(-c2c(C(=O)O)ccc3ccccc23)cc1OC. The summed E-state index contributed by atoms with van der Waals surface area (Å²) >= 11 is 0.